The molecule has 3 rings (SSSR count). The molecular formula is C19H23N5. The molecule has 1 aliphatic carbocycles. The fraction of sp³-hybridized carbons (Fsp3) is 0.421. The van der Waals surface area contributed by atoms with Crippen LogP contribution in [0.3, 0.4) is 0 Å². The first kappa shape index (κ1) is 16.3. The van der Waals surface area contributed by atoms with Crippen LogP contribution in [0.2, 0.25) is 0 Å². The van der Waals surface area contributed by atoms with E-state index < -0.39 is 0 Å². The molecule has 5 heteroatoms. The lowest BCUT2D eigenvalue weighted by Crippen LogP contribution is -2.31. The van der Waals surface area contributed by atoms with E-state index in [1.54, 1.807) is 6.20 Å². The van der Waals surface area contributed by atoms with Crippen molar-refractivity contribution in [1.29, 1.82) is 10.7 Å². The third kappa shape index (κ3) is 3.48. The number of rotatable bonds is 7. The Labute approximate surface area is 142 Å². The Morgan fingerprint density at radius 2 is 2.29 bits per heavy atom. The van der Waals surface area contributed by atoms with Gasteiger partial charge in [0.15, 0.2) is 0 Å². The fourth-order valence-electron chi connectivity index (χ4n) is 3.64. The topological polar surface area (TPSA) is 88.3 Å². The van der Waals surface area contributed by atoms with Crippen molar-refractivity contribution in [3.63, 3.8) is 0 Å². The molecule has 1 saturated carbocycles. The number of fused-ring (bicyclic) bond motifs is 1. The van der Waals surface area contributed by atoms with Gasteiger partial charge < -0.3 is 15.7 Å². The monoisotopic (exact) mass is 321 g/mol. The lowest BCUT2D eigenvalue weighted by Gasteiger charge is -2.23. The van der Waals surface area contributed by atoms with Gasteiger partial charge in [0.25, 0.3) is 0 Å². The number of nitrogens with one attached hydrogen (secondary N) is 3. The molecule has 3 N–H and O–H groups in total. The van der Waals surface area contributed by atoms with Crippen molar-refractivity contribution in [3.8, 4) is 6.07 Å². The van der Waals surface area contributed by atoms with Crippen molar-refractivity contribution in [3.05, 3.63) is 36.3 Å². The largest absolute Gasteiger partial charge is 0.387 e. The molecule has 24 heavy (non-hydrogen) atoms. The molecule has 2 aromatic rings. The van der Waals surface area contributed by atoms with Gasteiger partial charge in [-0.15, -0.1) is 0 Å². The molecule has 0 radical (unpaired) electrons. The number of H-pyrrole nitrogens is 1. The number of nitrogens with zero attached hydrogens (tertiary/aromatic N) is 2. The summed E-state index contributed by atoms with van der Waals surface area (Å²) in [6, 6.07) is 6.49. The highest BCUT2D eigenvalue weighted by Gasteiger charge is 2.24. The highest BCUT2D eigenvalue weighted by molar-refractivity contribution is 6.12. The van der Waals surface area contributed by atoms with Gasteiger partial charge in [-0.1, -0.05) is 12.8 Å². The highest BCUT2D eigenvalue weighted by atomic mass is 14.9. The maximum absolute atomic E-state index is 8.91. The number of allylic oxidation sites excluding steroid dienone is 1. The van der Waals surface area contributed by atoms with Crippen molar-refractivity contribution in [2.45, 2.75) is 44.6 Å². The Kier molecular flexibility index (Phi) is 5.27. The van der Waals surface area contributed by atoms with E-state index in [4.69, 9.17) is 10.7 Å². The fourth-order valence-corrected chi connectivity index (χ4v) is 3.64. The van der Waals surface area contributed by atoms with E-state index in [-0.39, 0.29) is 0 Å². The van der Waals surface area contributed by atoms with Crippen LogP contribution in [0.1, 0.15) is 44.1 Å². The number of hydrogen-bond donors (Lipinski definition) is 3. The van der Waals surface area contributed by atoms with Crippen molar-refractivity contribution >= 4 is 22.8 Å². The normalized spacial score (nSPS) is 16.9. The standard InChI is InChI=1S/C19H23N5/c20-9-3-6-18(14-4-1-2-5-14)24-13-15(12-21)16-7-10-22-19-17(16)8-11-23-19/h7-8,10-14,18,21,24H,1-6H2,(H,22,23)/b15-13+,21-12?. The molecule has 0 spiro atoms. The van der Waals surface area contributed by atoms with E-state index in [1.807, 2.05) is 24.5 Å². The first-order valence-electron chi connectivity index (χ1n) is 8.59. The molecular weight excluding hydrogens is 298 g/mol. The summed E-state index contributed by atoms with van der Waals surface area (Å²) in [5.41, 5.74) is 2.66. The van der Waals surface area contributed by atoms with Gasteiger partial charge in [0.05, 0.1) is 6.07 Å². The molecule has 0 aromatic carbocycles. The van der Waals surface area contributed by atoms with Crippen molar-refractivity contribution in [2.24, 2.45) is 5.92 Å². The maximum atomic E-state index is 8.91. The van der Waals surface area contributed by atoms with E-state index in [9.17, 15) is 0 Å². The first-order valence-corrected chi connectivity index (χ1v) is 8.59. The lowest BCUT2D eigenvalue weighted by atomic mass is 9.94. The number of pyridine rings is 1. The molecule has 5 nitrogen and oxygen atoms in total. The summed E-state index contributed by atoms with van der Waals surface area (Å²) >= 11 is 0. The van der Waals surface area contributed by atoms with E-state index in [2.05, 4.69) is 21.4 Å². The number of aromatic nitrogens is 2. The molecule has 1 aliphatic rings. The molecule has 2 heterocycles. The highest BCUT2D eigenvalue weighted by Crippen LogP contribution is 2.30. The Morgan fingerprint density at radius 3 is 3.04 bits per heavy atom. The second-order valence-corrected chi connectivity index (χ2v) is 6.36. The van der Waals surface area contributed by atoms with Crippen LogP contribution < -0.4 is 5.32 Å². The van der Waals surface area contributed by atoms with Crippen molar-refractivity contribution < 1.29 is 0 Å². The zero-order chi connectivity index (χ0) is 16.8. The van der Waals surface area contributed by atoms with E-state index in [0.717, 1.165) is 28.6 Å². The van der Waals surface area contributed by atoms with Crippen LogP contribution in [0, 0.1) is 22.7 Å². The summed E-state index contributed by atoms with van der Waals surface area (Å²) in [5.74, 6) is 0.631. The lowest BCUT2D eigenvalue weighted by molar-refractivity contribution is 0.373. The van der Waals surface area contributed by atoms with Crippen LogP contribution in [0.4, 0.5) is 0 Å². The van der Waals surface area contributed by atoms with Crippen molar-refractivity contribution in [2.75, 3.05) is 0 Å². The van der Waals surface area contributed by atoms with Gasteiger partial charge in [-0.3, -0.25) is 0 Å². The zero-order valence-corrected chi connectivity index (χ0v) is 13.8. The smallest absolute Gasteiger partial charge is 0.137 e. The first-order chi connectivity index (χ1) is 11.8. The zero-order valence-electron chi connectivity index (χ0n) is 13.8. The Hall–Kier alpha value is -2.61. The number of aromatic amines is 1. The van der Waals surface area contributed by atoms with Gasteiger partial charge in [0.2, 0.25) is 0 Å². The summed E-state index contributed by atoms with van der Waals surface area (Å²) in [6.45, 7) is 0. The minimum atomic E-state index is 0.311. The van der Waals surface area contributed by atoms with Gasteiger partial charge in [0, 0.05) is 48.2 Å². The van der Waals surface area contributed by atoms with Crippen LogP contribution in [0.15, 0.2) is 30.7 Å². The summed E-state index contributed by atoms with van der Waals surface area (Å²) in [7, 11) is 0. The molecule has 0 amide bonds. The minimum absolute atomic E-state index is 0.311. The molecule has 1 unspecified atom stereocenters. The predicted molar refractivity (Wildman–Crippen MR) is 96.6 cm³/mol. The molecule has 0 saturated heterocycles. The second-order valence-electron chi connectivity index (χ2n) is 6.36. The maximum Gasteiger partial charge on any atom is 0.137 e. The average Bonchev–Trinajstić information content (AvgIpc) is 3.29. The van der Waals surface area contributed by atoms with Gasteiger partial charge in [0.1, 0.15) is 5.65 Å². The third-order valence-corrected chi connectivity index (χ3v) is 4.92. The van der Waals surface area contributed by atoms with Crippen LogP contribution in [-0.4, -0.2) is 22.2 Å². The average molecular weight is 321 g/mol. The third-order valence-electron chi connectivity index (χ3n) is 4.92. The van der Waals surface area contributed by atoms with Crippen LogP contribution in [-0.2, 0) is 0 Å². The van der Waals surface area contributed by atoms with E-state index in [1.165, 1.54) is 31.9 Å². The molecule has 2 aromatic heterocycles. The van der Waals surface area contributed by atoms with Gasteiger partial charge >= 0.3 is 0 Å². The summed E-state index contributed by atoms with van der Waals surface area (Å²) in [5, 5.41) is 21.2. The Bertz CT molecular complexity index is 761. The minimum Gasteiger partial charge on any atom is -0.387 e. The molecule has 1 fully saturated rings. The van der Waals surface area contributed by atoms with Gasteiger partial charge in [-0.25, -0.2) is 4.98 Å². The van der Waals surface area contributed by atoms with Crippen LogP contribution in [0.25, 0.3) is 16.6 Å². The Balaban J connectivity index is 1.82. The molecule has 0 aliphatic heterocycles. The summed E-state index contributed by atoms with van der Waals surface area (Å²) in [6.07, 6.45) is 13.4. The van der Waals surface area contributed by atoms with Crippen LogP contribution >= 0.6 is 0 Å². The SMILES string of the molecule is N#CCCC(N/C=C(\C=N)c1ccnc2[nH]ccc12)C1CCCC1. The van der Waals surface area contributed by atoms with E-state index in [0.29, 0.717) is 18.4 Å². The van der Waals surface area contributed by atoms with Gasteiger partial charge in [-0.05, 0) is 42.9 Å². The van der Waals surface area contributed by atoms with E-state index >= 15 is 0 Å². The molecule has 0 bridgehead atoms. The number of nitriles is 1. The number of hydrogen-bond acceptors (Lipinski definition) is 4. The van der Waals surface area contributed by atoms with Gasteiger partial charge in [-0.2, -0.15) is 5.26 Å². The molecule has 1 atom stereocenters. The Morgan fingerprint density at radius 1 is 1.46 bits per heavy atom. The summed E-state index contributed by atoms with van der Waals surface area (Å²) in [4.78, 5) is 7.41. The predicted octanol–water partition coefficient (Wildman–Crippen LogP) is 4.01. The second kappa shape index (κ2) is 7.78. The van der Waals surface area contributed by atoms with Crippen molar-refractivity contribution in [1.82, 2.24) is 15.3 Å². The summed E-state index contributed by atoms with van der Waals surface area (Å²) < 4.78 is 0. The van der Waals surface area contributed by atoms with Crippen LogP contribution in [0.5, 0.6) is 0 Å². The quantitative estimate of drug-likeness (QED) is 0.673. The molecule has 124 valence electrons.